The summed E-state index contributed by atoms with van der Waals surface area (Å²) in [5.41, 5.74) is 0. The number of rotatable bonds is 4. The zero-order valence-corrected chi connectivity index (χ0v) is 8.68. The number of carbonyl (C=O) groups is 1. The third-order valence-corrected chi connectivity index (χ3v) is 2.59. The van der Waals surface area contributed by atoms with Crippen LogP contribution in [-0.4, -0.2) is 37.5 Å². The molecule has 76 valence electrons. The number of nitrogens with zero attached hydrogens (tertiary/aromatic N) is 1. The van der Waals surface area contributed by atoms with E-state index >= 15 is 0 Å². The van der Waals surface area contributed by atoms with E-state index in [1.54, 1.807) is 0 Å². The number of nitrogens with one attached hydrogen (secondary N) is 1. The summed E-state index contributed by atoms with van der Waals surface area (Å²) >= 11 is 0. The monoisotopic (exact) mass is 184 g/mol. The van der Waals surface area contributed by atoms with Gasteiger partial charge in [-0.2, -0.15) is 0 Å². The van der Waals surface area contributed by atoms with Crippen molar-refractivity contribution in [3.05, 3.63) is 0 Å². The number of likely N-dealkylation sites (tertiary alicyclic amines) is 1. The third-order valence-electron chi connectivity index (χ3n) is 2.59. The normalized spacial score (nSPS) is 23.4. The molecule has 1 heterocycles. The van der Waals surface area contributed by atoms with Crippen LogP contribution in [0.2, 0.25) is 0 Å². The van der Waals surface area contributed by atoms with E-state index in [1.807, 2.05) is 0 Å². The highest BCUT2D eigenvalue weighted by molar-refractivity contribution is 5.79. The van der Waals surface area contributed by atoms with E-state index in [0.29, 0.717) is 0 Å². The van der Waals surface area contributed by atoms with Crippen LogP contribution in [0.4, 0.5) is 0 Å². The van der Waals surface area contributed by atoms with Gasteiger partial charge in [0, 0.05) is 13.1 Å². The molecule has 1 saturated heterocycles. The van der Waals surface area contributed by atoms with Crippen molar-refractivity contribution in [2.24, 2.45) is 5.92 Å². The van der Waals surface area contributed by atoms with Crippen LogP contribution in [0.1, 0.15) is 26.2 Å². The van der Waals surface area contributed by atoms with Crippen LogP contribution >= 0.6 is 0 Å². The Morgan fingerprint density at radius 3 is 2.92 bits per heavy atom. The lowest BCUT2D eigenvalue weighted by Crippen LogP contribution is -2.32. The molecule has 1 fully saturated rings. The first-order valence-electron chi connectivity index (χ1n) is 5.20. The second-order valence-corrected chi connectivity index (χ2v) is 3.89. The third kappa shape index (κ3) is 3.35. The van der Waals surface area contributed by atoms with Crippen LogP contribution in [0.15, 0.2) is 0 Å². The predicted octanol–water partition coefficient (Wildman–Crippen LogP) is 0.854. The van der Waals surface area contributed by atoms with Crippen LogP contribution in [0, 0.1) is 5.92 Å². The summed E-state index contributed by atoms with van der Waals surface area (Å²) in [6.45, 7) is 4.97. The van der Waals surface area contributed by atoms with Crippen molar-refractivity contribution in [2.75, 3.05) is 26.7 Å². The molecule has 0 aromatic carbocycles. The van der Waals surface area contributed by atoms with Crippen molar-refractivity contribution in [1.29, 1.82) is 0 Å². The summed E-state index contributed by atoms with van der Waals surface area (Å²) in [6.07, 6.45) is 3.26. The molecule has 0 spiro atoms. The average Bonchev–Trinajstić information content (AvgIpc) is 2.52. The van der Waals surface area contributed by atoms with Crippen molar-refractivity contribution < 1.29 is 4.79 Å². The van der Waals surface area contributed by atoms with Crippen LogP contribution in [-0.2, 0) is 4.79 Å². The van der Waals surface area contributed by atoms with Gasteiger partial charge >= 0.3 is 0 Å². The maximum Gasteiger partial charge on any atom is 0.224 e. The zero-order valence-electron chi connectivity index (χ0n) is 8.68. The number of hydrogen-bond acceptors (Lipinski definition) is 2. The molecule has 0 bridgehead atoms. The van der Waals surface area contributed by atoms with Crippen molar-refractivity contribution in [1.82, 2.24) is 10.2 Å². The molecule has 1 aliphatic heterocycles. The van der Waals surface area contributed by atoms with Crippen molar-refractivity contribution in [3.63, 3.8) is 0 Å². The molecule has 1 atom stereocenters. The smallest absolute Gasteiger partial charge is 0.224 e. The lowest BCUT2D eigenvalue weighted by atomic mass is 10.1. The van der Waals surface area contributed by atoms with Gasteiger partial charge < -0.3 is 10.2 Å². The summed E-state index contributed by atoms with van der Waals surface area (Å²) in [5.74, 6) is 0.486. The lowest BCUT2D eigenvalue weighted by molar-refractivity contribution is -0.124. The largest absolute Gasteiger partial charge is 0.356 e. The van der Waals surface area contributed by atoms with Crippen LogP contribution in [0.3, 0.4) is 0 Å². The number of carbonyl (C=O) groups excluding carboxylic acids is 1. The Labute approximate surface area is 80.5 Å². The second-order valence-electron chi connectivity index (χ2n) is 3.89. The van der Waals surface area contributed by atoms with Gasteiger partial charge in [0.15, 0.2) is 0 Å². The lowest BCUT2D eigenvalue weighted by Gasteiger charge is -2.10. The molecule has 0 aromatic rings. The van der Waals surface area contributed by atoms with E-state index in [-0.39, 0.29) is 11.8 Å². The Kier molecular flexibility index (Phi) is 4.22. The molecular formula is C10H20N2O. The summed E-state index contributed by atoms with van der Waals surface area (Å²) < 4.78 is 0. The van der Waals surface area contributed by atoms with Gasteiger partial charge in [-0.05, 0) is 26.4 Å². The van der Waals surface area contributed by atoms with Gasteiger partial charge in [-0.25, -0.2) is 0 Å². The highest BCUT2D eigenvalue weighted by Gasteiger charge is 2.25. The molecule has 1 N–H and O–H groups in total. The van der Waals surface area contributed by atoms with Gasteiger partial charge in [0.1, 0.15) is 0 Å². The van der Waals surface area contributed by atoms with E-state index in [4.69, 9.17) is 0 Å². The molecule has 3 nitrogen and oxygen atoms in total. The Morgan fingerprint density at radius 1 is 1.62 bits per heavy atom. The van der Waals surface area contributed by atoms with E-state index < -0.39 is 0 Å². The van der Waals surface area contributed by atoms with Gasteiger partial charge in [0.05, 0.1) is 5.92 Å². The minimum absolute atomic E-state index is 0.238. The van der Waals surface area contributed by atoms with Gasteiger partial charge in [-0.15, -0.1) is 0 Å². The molecule has 1 amide bonds. The molecule has 0 radical (unpaired) electrons. The first-order chi connectivity index (χ1) is 6.24. The predicted molar refractivity (Wildman–Crippen MR) is 53.5 cm³/mol. The molecule has 0 aromatic heterocycles. The summed E-state index contributed by atoms with van der Waals surface area (Å²) in [5, 5.41) is 2.98. The van der Waals surface area contributed by atoms with Crippen LogP contribution < -0.4 is 5.32 Å². The van der Waals surface area contributed by atoms with Crippen molar-refractivity contribution in [2.45, 2.75) is 26.2 Å². The SMILES string of the molecule is CCCCNC(=O)C1CCN(C)C1. The molecule has 1 rings (SSSR count). The van der Waals surface area contributed by atoms with Crippen molar-refractivity contribution >= 4 is 5.91 Å². The number of unbranched alkanes of at least 4 members (excludes halogenated alkanes) is 1. The molecular weight excluding hydrogens is 164 g/mol. The molecule has 0 aliphatic carbocycles. The van der Waals surface area contributed by atoms with E-state index in [2.05, 4.69) is 24.2 Å². The average molecular weight is 184 g/mol. The number of amides is 1. The minimum Gasteiger partial charge on any atom is -0.356 e. The standard InChI is InChI=1S/C10H20N2O/c1-3-4-6-11-10(13)9-5-7-12(2)8-9/h9H,3-8H2,1-2H3,(H,11,13). The minimum atomic E-state index is 0.238. The first-order valence-corrected chi connectivity index (χ1v) is 5.20. The molecule has 1 aliphatic rings. The fourth-order valence-electron chi connectivity index (χ4n) is 1.68. The summed E-state index contributed by atoms with van der Waals surface area (Å²) in [6, 6.07) is 0. The molecule has 1 unspecified atom stereocenters. The second kappa shape index (κ2) is 5.22. The summed E-state index contributed by atoms with van der Waals surface area (Å²) in [4.78, 5) is 13.7. The first kappa shape index (κ1) is 10.5. The van der Waals surface area contributed by atoms with E-state index in [1.165, 1.54) is 0 Å². The van der Waals surface area contributed by atoms with Gasteiger partial charge in [0.25, 0.3) is 0 Å². The Morgan fingerprint density at radius 2 is 2.38 bits per heavy atom. The molecule has 13 heavy (non-hydrogen) atoms. The Balaban J connectivity index is 2.16. The van der Waals surface area contributed by atoms with Crippen molar-refractivity contribution in [3.8, 4) is 0 Å². The quantitative estimate of drug-likeness (QED) is 0.657. The van der Waals surface area contributed by atoms with Gasteiger partial charge in [-0.1, -0.05) is 13.3 Å². The van der Waals surface area contributed by atoms with E-state index in [0.717, 1.165) is 38.9 Å². The van der Waals surface area contributed by atoms with E-state index in [9.17, 15) is 4.79 Å². The van der Waals surface area contributed by atoms with Crippen LogP contribution in [0.5, 0.6) is 0 Å². The highest BCUT2D eigenvalue weighted by Crippen LogP contribution is 2.13. The highest BCUT2D eigenvalue weighted by atomic mass is 16.1. The molecule has 0 saturated carbocycles. The Hall–Kier alpha value is -0.570. The van der Waals surface area contributed by atoms with Gasteiger partial charge in [0.2, 0.25) is 5.91 Å². The fourth-order valence-corrected chi connectivity index (χ4v) is 1.68. The number of hydrogen-bond donors (Lipinski definition) is 1. The zero-order chi connectivity index (χ0) is 9.68. The maximum absolute atomic E-state index is 11.5. The molecule has 3 heteroatoms. The Bertz CT molecular complexity index is 170. The summed E-state index contributed by atoms with van der Waals surface area (Å²) in [7, 11) is 2.07. The topological polar surface area (TPSA) is 32.3 Å². The maximum atomic E-state index is 11.5. The van der Waals surface area contributed by atoms with Crippen LogP contribution in [0.25, 0.3) is 0 Å². The van der Waals surface area contributed by atoms with Gasteiger partial charge in [-0.3, -0.25) is 4.79 Å². The fraction of sp³-hybridized carbons (Fsp3) is 0.900.